The Morgan fingerprint density at radius 3 is 2.36 bits per heavy atom. The second-order valence-corrected chi connectivity index (χ2v) is 7.30. The van der Waals surface area contributed by atoms with E-state index in [9.17, 15) is 0 Å². The summed E-state index contributed by atoms with van der Waals surface area (Å²) in [5.41, 5.74) is 7.24. The van der Waals surface area contributed by atoms with Crippen LogP contribution in [0.1, 0.15) is 39.2 Å². The minimum absolute atomic E-state index is 0. The highest BCUT2D eigenvalue weighted by Crippen LogP contribution is 2.33. The molecular formula is C19H32IN3O2. The Hall–Kier alpha value is -1.18. The van der Waals surface area contributed by atoms with Gasteiger partial charge in [0, 0.05) is 18.5 Å². The number of benzene rings is 1. The van der Waals surface area contributed by atoms with Crippen LogP contribution < -0.4 is 15.2 Å². The summed E-state index contributed by atoms with van der Waals surface area (Å²) >= 11 is 0. The number of hydrogen-bond acceptors (Lipinski definition) is 3. The van der Waals surface area contributed by atoms with Gasteiger partial charge >= 0.3 is 0 Å². The first-order chi connectivity index (χ1) is 11.4. The molecular weight excluding hydrogens is 429 g/mol. The lowest BCUT2D eigenvalue weighted by molar-refractivity contribution is 0.277. The molecule has 25 heavy (non-hydrogen) atoms. The molecule has 0 saturated carbocycles. The van der Waals surface area contributed by atoms with Crippen molar-refractivity contribution in [3.8, 4) is 11.5 Å². The van der Waals surface area contributed by atoms with Crippen LogP contribution in [0.25, 0.3) is 0 Å². The fourth-order valence-corrected chi connectivity index (χ4v) is 2.96. The molecule has 0 bridgehead atoms. The molecule has 142 valence electrons. The van der Waals surface area contributed by atoms with Gasteiger partial charge in [0.05, 0.1) is 20.8 Å². The molecule has 1 aromatic rings. The molecule has 0 unspecified atom stereocenters. The molecule has 1 aromatic carbocycles. The van der Waals surface area contributed by atoms with E-state index < -0.39 is 0 Å². The first kappa shape index (κ1) is 21.9. The van der Waals surface area contributed by atoms with Crippen molar-refractivity contribution < 1.29 is 9.47 Å². The molecule has 0 aromatic heterocycles. The van der Waals surface area contributed by atoms with Gasteiger partial charge in [-0.05, 0) is 36.5 Å². The van der Waals surface area contributed by atoms with Crippen LogP contribution in [0.3, 0.4) is 0 Å². The van der Waals surface area contributed by atoms with Crippen molar-refractivity contribution >= 4 is 29.9 Å². The van der Waals surface area contributed by atoms with E-state index in [-0.39, 0.29) is 29.4 Å². The van der Waals surface area contributed by atoms with Crippen LogP contribution in [0.15, 0.2) is 23.2 Å². The van der Waals surface area contributed by atoms with Gasteiger partial charge in [0.15, 0.2) is 17.5 Å². The van der Waals surface area contributed by atoms with Gasteiger partial charge in [-0.1, -0.05) is 26.8 Å². The molecule has 1 saturated heterocycles. The van der Waals surface area contributed by atoms with Crippen LogP contribution in [0.4, 0.5) is 0 Å². The summed E-state index contributed by atoms with van der Waals surface area (Å²) in [4.78, 5) is 6.87. The number of hydrogen-bond donors (Lipinski definition) is 1. The molecule has 0 amide bonds. The average Bonchev–Trinajstić information content (AvgIpc) is 2.59. The van der Waals surface area contributed by atoms with Crippen molar-refractivity contribution in [2.24, 2.45) is 16.6 Å². The molecule has 1 heterocycles. The second kappa shape index (κ2) is 9.50. The number of nitrogens with two attached hydrogens (primary N) is 1. The van der Waals surface area contributed by atoms with Gasteiger partial charge in [-0.15, -0.1) is 24.0 Å². The van der Waals surface area contributed by atoms with E-state index in [0.717, 1.165) is 36.1 Å². The molecule has 0 aliphatic carbocycles. The van der Waals surface area contributed by atoms with Gasteiger partial charge in [0.2, 0.25) is 0 Å². The number of halogens is 1. The van der Waals surface area contributed by atoms with Gasteiger partial charge in [-0.2, -0.15) is 0 Å². The standard InChI is InChI=1S/C19H31N3O2.HI/c1-14-8-10-22(11-9-14)18(20)21-13-19(2,3)15-6-7-16(23-4)17(12-15)24-5;/h6-7,12,14H,8-11,13H2,1-5H3,(H2,20,21);1H. The summed E-state index contributed by atoms with van der Waals surface area (Å²) in [6.07, 6.45) is 2.38. The largest absolute Gasteiger partial charge is 0.493 e. The van der Waals surface area contributed by atoms with Crippen LogP contribution in [-0.2, 0) is 5.41 Å². The van der Waals surface area contributed by atoms with Gasteiger partial charge in [-0.25, -0.2) is 0 Å². The molecule has 0 radical (unpaired) electrons. The highest BCUT2D eigenvalue weighted by Gasteiger charge is 2.23. The van der Waals surface area contributed by atoms with Crippen LogP contribution in [0.5, 0.6) is 11.5 Å². The predicted octanol–water partition coefficient (Wildman–Crippen LogP) is 3.65. The molecule has 1 aliphatic rings. The Morgan fingerprint density at radius 1 is 1.20 bits per heavy atom. The van der Waals surface area contributed by atoms with Crippen LogP contribution >= 0.6 is 24.0 Å². The van der Waals surface area contributed by atoms with Gasteiger partial charge in [0.1, 0.15) is 0 Å². The summed E-state index contributed by atoms with van der Waals surface area (Å²) in [6, 6.07) is 6.03. The third-order valence-electron chi connectivity index (χ3n) is 4.91. The Morgan fingerprint density at radius 2 is 1.80 bits per heavy atom. The van der Waals surface area contributed by atoms with Crippen molar-refractivity contribution in [3.63, 3.8) is 0 Å². The molecule has 0 spiro atoms. The zero-order chi connectivity index (χ0) is 17.7. The Balaban J connectivity index is 0.00000312. The summed E-state index contributed by atoms with van der Waals surface area (Å²) < 4.78 is 10.7. The Labute approximate surface area is 169 Å². The second-order valence-electron chi connectivity index (χ2n) is 7.30. The van der Waals surface area contributed by atoms with E-state index in [0.29, 0.717) is 12.5 Å². The summed E-state index contributed by atoms with van der Waals surface area (Å²) in [5, 5.41) is 0. The van der Waals surface area contributed by atoms with E-state index in [1.54, 1.807) is 14.2 Å². The van der Waals surface area contributed by atoms with Crippen LogP contribution in [-0.4, -0.2) is 44.7 Å². The van der Waals surface area contributed by atoms with E-state index in [2.05, 4.69) is 36.7 Å². The zero-order valence-electron chi connectivity index (χ0n) is 16.0. The molecule has 1 fully saturated rings. The summed E-state index contributed by atoms with van der Waals surface area (Å²) in [7, 11) is 3.30. The fourth-order valence-electron chi connectivity index (χ4n) is 2.96. The number of likely N-dealkylation sites (tertiary alicyclic amines) is 1. The highest BCUT2D eigenvalue weighted by molar-refractivity contribution is 14.0. The number of guanidine groups is 1. The van der Waals surface area contributed by atoms with E-state index in [1.807, 2.05) is 12.1 Å². The normalized spacial score (nSPS) is 16.4. The van der Waals surface area contributed by atoms with Crippen LogP contribution in [0.2, 0.25) is 0 Å². The number of piperidine rings is 1. The molecule has 2 N–H and O–H groups in total. The maximum absolute atomic E-state index is 6.21. The highest BCUT2D eigenvalue weighted by atomic mass is 127. The van der Waals surface area contributed by atoms with Gasteiger partial charge in [0.25, 0.3) is 0 Å². The molecule has 0 atom stereocenters. The number of methoxy groups -OCH3 is 2. The fraction of sp³-hybridized carbons (Fsp3) is 0.632. The number of nitrogens with zero attached hydrogens (tertiary/aromatic N) is 2. The first-order valence-corrected chi connectivity index (χ1v) is 8.64. The maximum atomic E-state index is 6.21. The Bertz CT molecular complexity index is 582. The zero-order valence-corrected chi connectivity index (χ0v) is 18.4. The SMILES string of the molecule is COc1ccc(C(C)(C)CN=C(N)N2CCC(C)CC2)cc1OC.I. The lowest BCUT2D eigenvalue weighted by Crippen LogP contribution is -2.43. The van der Waals surface area contributed by atoms with Crippen molar-refractivity contribution in [2.45, 2.75) is 39.0 Å². The van der Waals surface area contributed by atoms with Crippen molar-refractivity contribution in [1.29, 1.82) is 0 Å². The quantitative estimate of drug-likeness (QED) is 0.413. The smallest absolute Gasteiger partial charge is 0.191 e. The minimum atomic E-state index is -0.132. The lowest BCUT2D eigenvalue weighted by atomic mass is 9.84. The number of aliphatic imine (C=N–C) groups is 1. The maximum Gasteiger partial charge on any atom is 0.191 e. The number of rotatable bonds is 5. The van der Waals surface area contributed by atoms with Crippen molar-refractivity contribution in [2.75, 3.05) is 33.9 Å². The summed E-state index contributed by atoms with van der Waals surface area (Å²) in [6.45, 7) is 9.29. The topological polar surface area (TPSA) is 60.1 Å². The Kier molecular flexibility index (Phi) is 8.31. The molecule has 6 heteroatoms. The van der Waals surface area contributed by atoms with E-state index in [1.165, 1.54) is 12.8 Å². The van der Waals surface area contributed by atoms with E-state index >= 15 is 0 Å². The summed E-state index contributed by atoms with van der Waals surface area (Å²) in [5.74, 6) is 2.93. The third kappa shape index (κ3) is 5.66. The van der Waals surface area contributed by atoms with Crippen molar-refractivity contribution in [3.05, 3.63) is 23.8 Å². The predicted molar refractivity (Wildman–Crippen MR) is 114 cm³/mol. The average molecular weight is 461 g/mol. The van der Waals surface area contributed by atoms with Crippen LogP contribution in [0, 0.1) is 5.92 Å². The van der Waals surface area contributed by atoms with Crippen molar-refractivity contribution in [1.82, 2.24) is 4.90 Å². The lowest BCUT2D eigenvalue weighted by Gasteiger charge is -2.32. The monoisotopic (exact) mass is 461 g/mol. The van der Waals surface area contributed by atoms with E-state index in [4.69, 9.17) is 15.2 Å². The molecule has 2 rings (SSSR count). The minimum Gasteiger partial charge on any atom is -0.493 e. The van der Waals surface area contributed by atoms with Gasteiger partial charge in [-0.3, -0.25) is 4.99 Å². The molecule has 5 nitrogen and oxygen atoms in total. The third-order valence-corrected chi connectivity index (χ3v) is 4.91. The number of ether oxygens (including phenoxy) is 2. The first-order valence-electron chi connectivity index (χ1n) is 8.64. The van der Waals surface area contributed by atoms with Gasteiger partial charge < -0.3 is 20.1 Å². The molecule has 1 aliphatic heterocycles.